The molecule has 0 atom stereocenters. The molecule has 1 aromatic rings. The molecule has 1 aromatic heterocycles. The van der Waals surface area contributed by atoms with Crippen molar-refractivity contribution >= 4 is 23.4 Å². The highest BCUT2D eigenvalue weighted by Crippen LogP contribution is 2.08. The van der Waals surface area contributed by atoms with Crippen molar-refractivity contribution in [2.45, 2.75) is 6.54 Å². The lowest BCUT2D eigenvalue weighted by molar-refractivity contribution is -0.151. The van der Waals surface area contributed by atoms with E-state index in [2.05, 4.69) is 4.98 Å². The zero-order valence-electron chi connectivity index (χ0n) is 9.88. The van der Waals surface area contributed by atoms with Crippen molar-refractivity contribution in [2.24, 2.45) is 0 Å². The number of carbonyl (C=O) groups excluding carboxylic acids is 2. The molecule has 0 spiro atoms. The van der Waals surface area contributed by atoms with Crippen LogP contribution in [-0.2, 0) is 16.1 Å². The van der Waals surface area contributed by atoms with Crippen molar-refractivity contribution in [2.75, 3.05) is 25.5 Å². The van der Waals surface area contributed by atoms with Gasteiger partial charge in [0.15, 0.2) is 0 Å². The van der Waals surface area contributed by atoms with Crippen LogP contribution < -0.4 is 0 Å². The van der Waals surface area contributed by atoms with E-state index in [1.54, 1.807) is 11.1 Å². The second kappa shape index (κ2) is 5.93. The number of pyridine rings is 1. The van der Waals surface area contributed by atoms with E-state index in [0.717, 1.165) is 5.69 Å². The molecule has 1 aliphatic rings. The fourth-order valence-electron chi connectivity index (χ4n) is 1.91. The summed E-state index contributed by atoms with van der Waals surface area (Å²) in [6.45, 7) is 1.27. The standard InChI is InChI=1S/C12H14ClN3O2/c13-4-6-16-11(17)8-15(9-12(16)18)7-10-3-1-2-5-14-10/h1-3,5H,4,6-9H2. The van der Waals surface area contributed by atoms with E-state index in [-0.39, 0.29) is 37.3 Å². The van der Waals surface area contributed by atoms with Crippen molar-refractivity contribution in [3.8, 4) is 0 Å². The number of piperazine rings is 1. The lowest BCUT2D eigenvalue weighted by Gasteiger charge is -2.31. The van der Waals surface area contributed by atoms with E-state index in [9.17, 15) is 9.59 Å². The van der Waals surface area contributed by atoms with Crippen molar-refractivity contribution in [3.05, 3.63) is 30.1 Å². The Hall–Kier alpha value is -1.46. The monoisotopic (exact) mass is 267 g/mol. The maximum Gasteiger partial charge on any atom is 0.243 e. The predicted octanol–water partition coefficient (Wildman–Crippen LogP) is 0.491. The van der Waals surface area contributed by atoms with Crippen LogP contribution in [0.3, 0.4) is 0 Å². The first kappa shape index (κ1) is 13.0. The van der Waals surface area contributed by atoms with Gasteiger partial charge in [0.05, 0.1) is 18.8 Å². The summed E-state index contributed by atoms with van der Waals surface area (Å²) < 4.78 is 0. The number of hydrogen-bond acceptors (Lipinski definition) is 4. The molecule has 2 rings (SSSR count). The Morgan fingerprint density at radius 1 is 1.22 bits per heavy atom. The van der Waals surface area contributed by atoms with Gasteiger partial charge >= 0.3 is 0 Å². The number of halogens is 1. The van der Waals surface area contributed by atoms with Gasteiger partial charge in [-0.15, -0.1) is 11.6 Å². The highest BCUT2D eigenvalue weighted by atomic mass is 35.5. The molecule has 6 heteroatoms. The Balaban J connectivity index is 1.98. The smallest absolute Gasteiger partial charge is 0.243 e. The van der Waals surface area contributed by atoms with Gasteiger partial charge in [0.2, 0.25) is 11.8 Å². The van der Waals surface area contributed by atoms with Gasteiger partial charge in [-0.25, -0.2) is 0 Å². The van der Waals surface area contributed by atoms with Crippen LogP contribution in [0.4, 0.5) is 0 Å². The highest BCUT2D eigenvalue weighted by Gasteiger charge is 2.30. The molecule has 1 saturated heterocycles. The molecule has 2 heterocycles. The van der Waals surface area contributed by atoms with E-state index >= 15 is 0 Å². The molecule has 1 aliphatic heterocycles. The third-order valence-electron chi connectivity index (χ3n) is 2.74. The number of rotatable bonds is 4. The molecule has 0 aliphatic carbocycles. The SMILES string of the molecule is O=C1CN(Cc2ccccn2)CC(=O)N1CCCl. The molecular weight excluding hydrogens is 254 g/mol. The van der Waals surface area contributed by atoms with Crippen LogP contribution in [0.15, 0.2) is 24.4 Å². The average molecular weight is 268 g/mol. The summed E-state index contributed by atoms with van der Waals surface area (Å²) in [5, 5.41) is 0. The van der Waals surface area contributed by atoms with Gasteiger partial charge in [-0.3, -0.25) is 24.4 Å². The summed E-state index contributed by atoms with van der Waals surface area (Å²) in [7, 11) is 0. The van der Waals surface area contributed by atoms with Crippen LogP contribution in [0.1, 0.15) is 5.69 Å². The molecule has 0 aromatic carbocycles. The van der Waals surface area contributed by atoms with Crippen molar-refractivity contribution in [3.63, 3.8) is 0 Å². The third-order valence-corrected chi connectivity index (χ3v) is 2.91. The van der Waals surface area contributed by atoms with Crippen molar-refractivity contribution in [1.29, 1.82) is 0 Å². The molecule has 96 valence electrons. The number of aromatic nitrogens is 1. The molecule has 5 nitrogen and oxygen atoms in total. The Morgan fingerprint density at radius 3 is 2.50 bits per heavy atom. The third kappa shape index (κ3) is 3.05. The number of alkyl halides is 1. The molecular formula is C12H14ClN3O2. The van der Waals surface area contributed by atoms with Crippen molar-refractivity contribution in [1.82, 2.24) is 14.8 Å². The van der Waals surface area contributed by atoms with Gasteiger partial charge in [-0.1, -0.05) is 6.07 Å². The maximum atomic E-state index is 11.8. The molecule has 0 radical (unpaired) electrons. The Labute approximate surface area is 110 Å². The van der Waals surface area contributed by atoms with E-state index in [1.807, 2.05) is 18.2 Å². The van der Waals surface area contributed by atoms with Crippen LogP contribution in [-0.4, -0.2) is 52.1 Å². The summed E-state index contributed by atoms with van der Waals surface area (Å²) in [4.78, 5) is 30.8. The van der Waals surface area contributed by atoms with Gasteiger partial charge in [0.25, 0.3) is 0 Å². The minimum Gasteiger partial charge on any atom is -0.279 e. The second-order valence-electron chi connectivity index (χ2n) is 4.09. The van der Waals surface area contributed by atoms with Crippen LogP contribution >= 0.6 is 11.6 Å². The van der Waals surface area contributed by atoms with E-state index in [4.69, 9.17) is 11.6 Å². The number of carbonyl (C=O) groups is 2. The molecule has 0 saturated carbocycles. The molecule has 0 N–H and O–H groups in total. The Kier molecular flexibility index (Phi) is 4.28. The lowest BCUT2D eigenvalue weighted by atomic mass is 10.2. The molecule has 18 heavy (non-hydrogen) atoms. The zero-order chi connectivity index (χ0) is 13.0. The quantitative estimate of drug-likeness (QED) is 0.589. The van der Waals surface area contributed by atoms with E-state index in [1.165, 1.54) is 4.90 Å². The predicted molar refractivity (Wildman–Crippen MR) is 67.0 cm³/mol. The van der Waals surface area contributed by atoms with Crippen LogP contribution in [0, 0.1) is 0 Å². The Bertz CT molecular complexity index is 420. The van der Waals surface area contributed by atoms with Gasteiger partial charge in [0.1, 0.15) is 0 Å². The van der Waals surface area contributed by atoms with Crippen LogP contribution in [0.5, 0.6) is 0 Å². The summed E-state index contributed by atoms with van der Waals surface area (Å²) in [5.41, 5.74) is 0.851. The van der Waals surface area contributed by atoms with Gasteiger partial charge in [-0.2, -0.15) is 0 Å². The number of amides is 2. The summed E-state index contributed by atoms with van der Waals surface area (Å²) >= 11 is 5.56. The second-order valence-corrected chi connectivity index (χ2v) is 4.47. The molecule has 0 unspecified atom stereocenters. The highest BCUT2D eigenvalue weighted by molar-refractivity contribution is 6.18. The van der Waals surface area contributed by atoms with E-state index < -0.39 is 0 Å². The molecule has 2 amide bonds. The Morgan fingerprint density at radius 2 is 1.94 bits per heavy atom. The van der Waals surface area contributed by atoms with Gasteiger partial charge in [-0.05, 0) is 12.1 Å². The number of imide groups is 1. The van der Waals surface area contributed by atoms with Crippen LogP contribution in [0.2, 0.25) is 0 Å². The number of hydrogen-bond donors (Lipinski definition) is 0. The normalized spacial score (nSPS) is 17.3. The topological polar surface area (TPSA) is 53.5 Å². The first-order valence-electron chi connectivity index (χ1n) is 5.72. The van der Waals surface area contributed by atoms with E-state index in [0.29, 0.717) is 6.54 Å². The summed E-state index contributed by atoms with van der Waals surface area (Å²) in [5.74, 6) is -0.108. The fourth-order valence-corrected chi connectivity index (χ4v) is 2.08. The number of nitrogens with zero attached hydrogens (tertiary/aromatic N) is 3. The minimum absolute atomic E-state index is 0.192. The summed E-state index contributed by atoms with van der Waals surface area (Å²) in [6, 6.07) is 5.59. The molecule has 1 fully saturated rings. The minimum atomic E-state index is -0.192. The largest absolute Gasteiger partial charge is 0.279 e. The zero-order valence-corrected chi connectivity index (χ0v) is 10.6. The van der Waals surface area contributed by atoms with Crippen molar-refractivity contribution < 1.29 is 9.59 Å². The molecule has 0 bridgehead atoms. The first-order chi connectivity index (χ1) is 8.70. The summed E-state index contributed by atoms with van der Waals surface area (Å²) in [6.07, 6.45) is 1.70. The average Bonchev–Trinajstić information content (AvgIpc) is 2.35. The fraction of sp³-hybridized carbons (Fsp3) is 0.417. The van der Waals surface area contributed by atoms with Crippen LogP contribution in [0.25, 0.3) is 0 Å². The van der Waals surface area contributed by atoms with Gasteiger partial charge in [0, 0.05) is 25.2 Å². The van der Waals surface area contributed by atoms with Gasteiger partial charge < -0.3 is 0 Å². The first-order valence-corrected chi connectivity index (χ1v) is 6.25. The lowest BCUT2D eigenvalue weighted by Crippen LogP contribution is -2.54. The maximum absolute atomic E-state index is 11.8.